The molecule has 3 rings (SSSR count). The lowest BCUT2D eigenvalue weighted by Crippen LogP contribution is -2.40. The first-order valence-corrected chi connectivity index (χ1v) is 10.2. The number of carbonyl (C=O) groups is 1. The molecule has 1 aliphatic rings. The number of hydrogen-bond donors (Lipinski definition) is 3. The maximum atomic E-state index is 12.4. The Morgan fingerprint density at radius 2 is 1.83 bits per heavy atom. The highest BCUT2D eigenvalue weighted by atomic mass is 16.7. The van der Waals surface area contributed by atoms with Gasteiger partial charge in [0.2, 0.25) is 6.79 Å². The summed E-state index contributed by atoms with van der Waals surface area (Å²) >= 11 is 0. The van der Waals surface area contributed by atoms with E-state index in [0.717, 1.165) is 29.2 Å². The fourth-order valence-corrected chi connectivity index (χ4v) is 2.97. The van der Waals surface area contributed by atoms with Crippen molar-refractivity contribution < 1.29 is 14.3 Å². The van der Waals surface area contributed by atoms with Gasteiger partial charge in [-0.3, -0.25) is 4.79 Å². The zero-order valence-corrected chi connectivity index (χ0v) is 18.0. The summed E-state index contributed by atoms with van der Waals surface area (Å²) in [5, 5.41) is 9.56. The van der Waals surface area contributed by atoms with E-state index in [1.165, 1.54) is 0 Å². The van der Waals surface area contributed by atoms with Gasteiger partial charge in [0.05, 0.1) is 6.54 Å². The number of rotatable bonds is 6. The first kappa shape index (κ1) is 21.5. The first-order chi connectivity index (χ1) is 14.3. The molecule has 2 aromatic carbocycles. The van der Waals surface area contributed by atoms with Crippen LogP contribution in [0.3, 0.4) is 0 Å². The molecule has 1 aliphatic heterocycles. The summed E-state index contributed by atoms with van der Waals surface area (Å²) in [7, 11) is 0. The molecular formula is C23H30N4O3. The molecule has 0 fully saturated rings. The van der Waals surface area contributed by atoms with Crippen molar-refractivity contribution >= 4 is 11.9 Å². The summed E-state index contributed by atoms with van der Waals surface area (Å²) in [5.41, 5.74) is 2.40. The molecule has 30 heavy (non-hydrogen) atoms. The second-order valence-electron chi connectivity index (χ2n) is 8.14. The molecule has 7 heteroatoms. The van der Waals surface area contributed by atoms with E-state index in [2.05, 4.69) is 20.9 Å². The fourth-order valence-electron chi connectivity index (χ4n) is 2.97. The second kappa shape index (κ2) is 9.52. The Balaban J connectivity index is 1.63. The van der Waals surface area contributed by atoms with Gasteiger partial charge in [-0.15, -0.1) is 0 Å². The Labute approximate surface area is 177 Å². The quantitative estimate of drug-likeness (QED) is 0.503. The Morgan fingerprint density at radius 3 is 2.60 bits per heavy atom. The number of ether oxygens (including phenoxy) is 2. The number of nitrogens with zero attached hydrogens (tertiary/aromatic N) is 1. The SMILES string of the molecule is CCNC(=NCc1cccc(C(=O)NC(C)(C)C)c1)NCc1ccc2c(c1)OCO2. The lowest BCUT2D eigenvalue weighted by Gasteiger charge is -2.20. The summed E-state index contributed by atoms with van der Waals surface area (Å²) in [6.45, 7) is 10.0. The third-order valence-corrected chi connectivity index (χ3v) is 4.34. The summed E-state index contributed by atoms with van der Waals surface area (Å²) in [4.78, 5) is 17.1. The smallest absolute Gasteiger partial charge is 0.251 e. The van der Waals surface area contributed by atoms with Crippen LogP contribution in [-0.2, 0) is 13.1 Å². The van der Waals surface area contributed by atoms with Crippen molar-refractivity contribution in [1.82, 2.24) is 16.0 Å². The van der Waals surface area contributed by atoms with Gasteiger partial charge >= 0.3 is 0 Å². The van der Waals surface area contributed by atoms with Crippen molar-refractivity contribution in [3.05, 3.63) is 59.2 Å². The van der Waals surface area contributed by atoms with Crippen molar-refractivity contribution in [2.75, 3.05) is 13.3 Å². The Morgan fingerprint density at radius 1 is 1.03 bits per heavy atom. The molecule has 160 valence electrons. The van der Waals surface area contributed by atoms with Gasteiger partial charge in [-0.25, -0.2) is 4.99 Å². The molecular weight excluding hydrogens is 380 g/mol. The van der Waals surface area contributed by atoms with Gasteiger partial charge < -0.3 is 25.4 Å². The highest BCUT2D eigenvalue weighted by Crippen LogP contribution is 2.32. The molecule has 0 saturated heterocycles. The summed E-state index contributed by atoms with van der Waals surface area (Å²) in [6.07, 6.45) is 0. The van der Waals surface area contributed by atoms with Crippen LogP contribution in [0.2, 0.25) is 0 Å². The van der Waals surface area contributed by atoms with Crippen LogP contribution < -0.4 is 25.4 Å². The zero-order chi connectivity index (χ0) is 21.6. The van der Waals surface area contributed by atoms with Crippen LogP contribution in [0, 0.1) is 0 Å². The van der Waals surface area contributed by atoms with Crippen LogP contribution in [0.25, 0.3) is 0 Å². The number of fused-ring (bicyclic) bond motifs is 1. The third kappa shape index (κ3) is 6.14. The predicted molar refractivity (Wildman–Crippen MR) is 118 cm³/mol. The number of nitrogens with one attached hydrogen (secondary N) is 3. The number of amides is 1. The highest BCUT2D eigenvalue weighted by Gasteiger charge is 2.15. The number of guanidine groups is 1. The van der Waals surface area contributed by atoms with E-state index in [9.17, 15) is 4.79 Å². The number of aliphatic imine (C=N–C) groups is 1. The van der Waals surface area contributed by atoms with E-state index >= 15 is 0 Å². The van der Waals surface area contributed by atoms with Crippen LogP contribution in [0.5, 0.6) is 11.5 Å². The molecule has 0 spiro atoms. The van der Waals surface area contributed by atoms with Gasteiger partial charge in [0.15, 0.2) is 17.5 Å². The van der Waals surface area contributed by atoms with Crippen LogP contribution in [0.4, 0.5) is 0 Å². The van der Waals surface area contributed by atoms with Crippen molar-refractivity contribution in [3.63, 3.8) is 0 Å². The van der Waals surface area contributed by atoms with Crippen LogP contribution in [0.1, 0.15) is 49.2 Å². The molecule has 0 aromatic heterocycles. The van der Waals surface area contributed by atoms with Crippen molar-refractivity contribution in [3.8, 4) is 11.5 Å². The molecule has 0 radical (unpaired) electrons. The van der Waals surface area contributed by atoms with E-state index in [-0.39, 0.29) is 18.2 Å². The zero-order valence-electron chi connectivity index (χ0n) is 18.0. The second-order valence-corrected chi connectivity index (χ2v) is 8.14. The maximum absolute atomic E-state index is 12.4. The molecule has 3 N–H and O–H groups in total. The summed E-state index contributed by atoms with van der Waals surface area (Å²) < 4.78 is 10.8. The normalized spacial score (nSPS) is 13.1. The minimum absolute atomic E-state index is 0.0823. The molecule has 7 nitrogen and oxygen atoms in total. The Hall–Kier alpha value is -3.22. The van der Waals surface area contributed by atoms with Crippen molar-refractivity contribution in [2.24, 2.45) is 4.99 Å². The largest absolute Gasteiger partial charge is 0.454 e. The van der Waals surface area contributed by atoms with E-state index in [1.807, 2.05) is 70.2 Å². The molecule has 0 saturated carbocycles. The van der Waals surface area contributed by atoms with Crippen molar-refractivity contribution in [2.45, 2.75) is 46.3 Å². The predicted octanol–water partition coefficient (Wildman–Crippen LogP) is 3.20. The monoisotopic (exact) mass is 410 g/mol. The standard InChI is InChI=1S/C23H30N4O3/c1-5-24-22(26-14-17-9-10-19-20(12-17)30-15-29-19)25-13-16-7-6-8-18(11-16)21(28)27-23(2,3)4/h6-12H,5,13-15H2,1-4H3,(H,27,28)(H2,24,25,26). The Kier molecular flexibility index (Phi) is 6.82. The first-order valence-electron chi connectivity index (χ1n) is 10.2. The molecule has 0 unspecified atom stereocenters. The maximum Gasteiger partial charge on any atom is 0.251 e. The average Bonchev–Trinajstić information content (AvgIpc) is 3.17. The molecule has 0 bridgehead atoms. The minimum atomic E-state index is -0.276. The minimum Gasteiger partial charge on any atom is -0.454 e. The fraction of sp³-hybridized carbons (Fsp3) is 0.391. The van der Waals surface area contributed by atoms with E-state index < -0.39 is 0 Å². The molecule has 0 aliphatic carbocycles. The van der Waals surface area contributed by atoms with Gasteiger partial charge in [0, 0.05) is 24.2 Å². The Bertz CT molecular complexity index is 919. The topological polar surface area (TPSA) is 84.0 Å². The van der Waals surface area contributed by atoms with Crippen LogP contribution in [-0.4, -0.2) is 30.7 Å². The summed E-state index contributed by atoms with van der Waals surface area (Å²) in [6, 6.07) is 13.4. The highest BCUT2D eigenvalue weighted by molar-refractivity contribution is 5.94. The molecule has 1 heterocycles. The van der Waals surface area contributed by atoms with E-state index in [4.69, 9.17) is 9.47 Å². The van der Waals surface area contributed by atoms with Gasteiger partial charge in [-0.2, -0.15) is 0 Å². The van der Waals surface area contributed by atoms with Crippen molar-refractivity contribution in [1.29, 1.82) is 0 Å². The number of hydrogen-bond acceptors (Lipinski definition) is 4. The lowest BCUT2D eigenvalue weighted by molar-refractivity contribution is 0.0919. The van der Waals surface area contributed by atoms with Crippen LogP contribution >= 0.6 is 0 Å². The van der Waals surface area contributed by atoms with Gasteiger partial charge in [0.25, 0.3) is 5.91 Å². The molecule has 0 atom stereocenters. The van der Waals surface area contributed by atoms with Crippen LogP contribution in [0.15, 0.2) is 47.5 Å². The average molecular weight is 411 g/mol. The molecule has 2 aromatic rings. The number of benzene rings is 2. The molecule has 1 amide bonds. The number of carbonyl (C=O) groups excluding carboxylic acids is 1. The van der Waals surface area contributed by atoms with Gasteiger partial charge in [0.1, 0.15) is 0 Å². The summed E-state index contributed by atoms with van der Waals surface area (Å²) in [5.74, 6) is 2.16. The van der Waals surface area contributed by atoms with Gasteiger partial charge in [-0.1, -0.05) is 18.2 Å². The lowest BCUT2D eigenvalue weighted by atomic mass is 10.1. The van der Waals surface area contributed by atoms with Gasteiger partial charge in [-0.05, 0) is 63.1 Å². The third-order valence-electron chi connectivity index (χ3n) is 4.34. The van der Waals surface area contributed by atoms with E-state index in [0.29, 0.717) is 24.6 Å². The van der Waals surface area contributed by atoms with E-state index in [1.54, 1.807) is 0 Å².